The number of hydrogen-bond acceptors (Lipinski definition) is 5. The number of hydrogen-bond donors (Lipinski definition) is 0. The maximum Gasteiger partial charge on any atom is 0.261 e. The highest BCUT2D eigenvalue weighted by atomic mass is 16.7. The number of imide groups is 1. The number of carbonyl (C=O) groups excluding carboxylic acids is 2. The standard InChI is InChI=1S/C13H14N4O4/c18-12-10-4-1-2-5-11(10)13(19)16(12)8-9-21-14-17(20)15-6-3-7-15/h1-2,4-5H,3,6-9H2/b17-14-. The van der Waals surface area contributed by atoms with Crippen LogP contribution in [0, 0.1) is 5.21 Å². The molecule has 2 aliphatic heterocycles. The Balaban J connectivity index is 1.55. The highest BCUT2D eigenvalue weighted by Gasteiger charge is 2.34. The Morgan fingerprint density at radius 3 is 2.33 bits per heavy atom. The highest BCUT2D eigenvalue weighted by Crippen LogP contribution is 2.21. The molecule has 0 bridgehead atoms. The molecule has 0 unspecified atom stereocenters. The summed E-state index contributed by atoms with van der Waals surface area (Å²) >= 11 is 0. The molecule has 0 atom stereocenters. The largest absolute Gasteiger partial charge is 0.569 e. The molecule has 0 saturated carbocycles. The summed E-state index contributed by atoms with van der Waals surface area (Å²) in [5.74, 6) is -0.693. The van der Waals surface area contributed by atoms with Crippen molar-refractivity contribution in [1.82, 2.24) is 9.91 Å². The average molecular weight is 290 g/mol. The summed E-state index contributed by atoms with van der Waals surface area (Å²) in [6, 6.07) is 6.65. The Morgan fingerprint density at radius 1 is 1.19 bits per heavy atom. The maximum atomic E-state index is 12.0. The normalized spacial score (nSPS) is 17.8. The van der Waals surface area contributed by atoms with E-state index in [9.17, 15) is 14.8 Å². The number of rotatable bonds is 5. The van der Waals surface area contributed by atoms with Crippen molar-refractivity contribution in [2.24, 2.45) is 5.28 Å². The van der Waals surface area contributed by atoms with Crippen LogP contribution in [0.4, 0.5) is 0 Å². The fraction of sp³-hybridized carbons (Fsp3) is 0.385. The smallest absolute Gasteiger partial charge is 0.261 e. The van der Waals surface area contributed by atoms with Gasteiger partial charge in [-0.05, 0) is 18.6 Å². The van der Waals surface area contributed by atoms with Crippen molar-refractivity contribution in [1.29, 1.82) is 0 Å². The topological polar surface area (TPSA) is 88.3 Å². The van der Waals surface area contributed by atoms with Gasteiger partial charge in [-0.1, -0.05) is 12.1 Å². The van der Waals surface area contributed by atoms with Crippen LogP contribution in [0.3, 0.4) is 0 Å². The lowest BCUT2D eigenvalue weighted by Gasteiger charge is -2.24. The fourth-order valence-electron chi connectivity index (χ4n) is 2.19. The molecule has 1 fully saturated rings. The molecule has 3 rings (SSSR count). The van der Waals surface area contributed by atoms with Gasteiger partial charge in [-0.25, -0.2) is 0 Å². The molecular formula is C13H14N4O4. The molecule has 2 aliphatic rings. The van der Waals surface area contributed by atoms with Crippen LogP contribution in [-0.2, 0) is 4.84 Å². The van der Waals surface area contributed by atoms with Crippen molar-refractivity contribution in [3.8, 4) is 0 Å². The molecule has 0 spiro atoms. The molecule has 8 nitrogen and oxygen atoms in total. The fourth-order valence-corrected chi connectivity index (χ4v) is 2.19. The summed E-state index contributed by atoms with van der Waals surface area (Å²) in [4.78, 5) is 30.4. The zero-order chi connectivity index (χ0) is 14.8. The second-order valence-electron chi connectivity index (χ2n) is 4.78. The van der Waals surface area contributed by atoms with E-state index in [-0.39, 0.29) is 25.0 Å². The van der Waals surface area contributed by atoms with E-state index in [0.29, 0.717) is 29.2 Å². The number of hydrazine groups is 1. The number of amides is 2. The van der Waals surface area contributed by atoms with Crippen molar-refractivity contribution < 1.29 is 19.4 Å². The van der Waals surface area contributed by atoms with Gasteiger partial charge in [0.05, 0.1) is 35.7 Å². The predicted molar refractivity (Wildman–Crippen MR) is 70.0 cm³/mol. The van der Waals surface area contributed by atoms with Gasteiger partial charge in [0.25, 0.3) is 11.8 Å². The van der Waals surface area contributed by atoms with E-state index in [4.69, 9.17) is 4.84 Å². The lowest BCUT2D eigenvalue weighted by Crippen LogP contribution is -2.42. The van der Waals surface area contributed by atoms with Crippen molar-refractivity contribution in [3.05, 3.63) is 40.6 Å². The van der Waals surface area contributed by atoms with E-state index < -0.39 is 0 Å². The lowest BCUT2D eigenvalue weighted by molar-refractivity contribution is -0.722. The average Bonchev–Trinajstić information content (AvgIpc) is 2.67. The summed E-state index contributed by atoms with van der Waals surface area (Å²) < 4.78 is 0. The molecule has 1 aromatic carbocycles. The first kappa shape index (κ1) is 13.3. The monoisotopic (exact) mass is 290 g/mol. The second-order valence-corrected chi connectivity index (χ2v) is 4.78. The number of benzene rings is 1. The van der Waals surface area contributed by atoms with Gasteiger partial charge >= 0.3 is 0 Å². The van der Waals surface area contributed by atoms with Crippen LogP contribution in [0.1, 0.15) is 27.1 Å². The second kappa shape index (κ2) is 5.39. The van der Waals surface area contributed by atoms with E-state index in [0.717, 1.165) is 11.3 Å². The molecule has 0 aromatic heterocycles. The third-order valence-electron chi connectivity index (χ3n) is 3.49. The molecule has 2 heterocycles. The van der Waals surface area contributed by atoms with Crippen LogP contribution in [0.2, 0.25) is 0 Å². The molecule has 1 saturated heterocycles. The van der Waals surface area contributed by atoms with Crippen LogP contribution in [0.25, 0.3) is 0 Å². The Labute approximate surface area is 120 Å². The minimum Gasteiger partial charge on any atom is -0.569 e. The van der Waals surface area contributed by atoms with Gasteiger partial charge in [0.15, 0.2) is 0 Å². The van der Waals surface area contributed by atoms with Gasteiger partial charge < -0.3 is 10.0 Å². The SMILES string of the molecule is O=C1c2ccccc2C(=O)N1CCO/N=[N+](\[O-])N1CCC1. The number of fused-ring (bicyclic) bond motifs is 1. The molecule has 1 aromatic rings. The zero-order valence-electron chi connectivity index (χ0n) is 11.3. The van der Waals surface area contributed by atoms with Crippen LogP contribution in [-0.4, -0.2) is 52.9 Å². The molecule has 0 aliphatic carbocycles. The van der Waals surface area contributed by atoms with Gasteiger partial charge in [0, 0.05) is 0 Å². The Morgan fingerprint density at radius 2 is 1.81 bits per heavy atom. The molecule has 21 heavy (non-hydrogen) atoms. The van der Waals surface area contributed by atoms with Gasteiger partial charge in [-0.15, -0.1) is 5.01 Å². The molecule has 110 valence electrons. The first-order valence-electron chi connectivity index (χ1n) is 6.69. The minimum absolute atomic E-state index is 0.0158. The molecule has 0 N–H and O–H groups in total. The first-order chi connectivity index (χ1) is 10.2. The van der Waals surface area contributed by atoms with Gasteiger partial charge in [-0.2, -0.15) is 0 Å². The summed E-state index contributed by atoms with van der Waals surface area (Å²) in [7, 11) is 0. The van der Waals surface area contributed by atoms with Crippen LogP contribution in [0.5, 0.6) is 0 Å². The third kappa shape index (κ3) is 2.39. The number of nitrogens with zero attached hydrogens (tertiary/aromatic N) is 4. The van der Waals surface area contributed by atoms with Crippen molar-refractivity contribution in [2.75, 3.05) is 26.2 Å². The Hall–Kier alpha value is -2.64. The van der Waals surface area contributed by atoms with Crippen molar-refractivity contribution in [3.63, 3.8) is 0 Å². The number of carbonyl (C=O) groups is 2. The van der Waals surface area contributed by atoms with E-state index in [1.807, 2.05) is 0 Å². The van der Waals surface area contributed by atoms with Crippen LogP contribution in [0.15, 0.2) is 29.5 Å². The molecule has 8 heteroatoms. The van der Waals surface area contributed by atoms with E-state index >= 15 is 0 Å². The van der Waals surface area contributed by atoms with Crippen molar-refractivity contribution in [2.45, 2.75) is 6.42 Å². The maximum absolute atomic E-state index is 12.0. The summed E-state index contributed by atoms with van der Waals surface area (Å²) in [5.41, 5.74) is 0.788. The quantitative estimate of drug-likeness (QED) is 0.263. The minimum atomic E-state index is -0.346. The van der Waals surface area contributed by atoms with E-state index in [2.05, 4.69) is 5.28 Å². The predicted octanol–water partition coefficient (Wildman–Crippen LogP) is 0.797. The highest BCUT2D eigenvalue weighted by molar-refractivity contribution is 6.21. The van der Waals surface area contributed by atoms with Gasteiger partial charge in [0.2, 0.25) is 5.28 Å². The summed E-state index contributed by atoms with van der Waals surface area (Å²) in [5, 5.41) is 16.2. The van der Waals surface area contributed by atoms with Crippen LogP contribution < -0.4 is 0 Å². The lowest BCUT2D eigenvalue weighted by atomic mass is 10.1. The molecule has 0 radical (unpaired) electrons. The summed E-state index contributed by atoms with van der Waals surface area (Å²) in [6.07, 6.45) is 0.962. The molecular weight excluding hydrogens is 276 g/mol. The molecule has 2 amide bonds. The van der Waals surface area contributed by atoms with Crippen molar-refractivity contribution >= 4 is 11.8 Å². The Bertz CT molecular complexity index is 577. The third-order valence-corrected chi connectivity index (χ3v) is 3.49. The van der Waals surface area contributed by atoms with Gasteiger partial charge in [0.1, 0.15) is 6.61 Å². The van der Waals surface area contributed by atoms with E-state index in [1.54, 1.807) is 24.3 Å². The zero-order valence-corrected chi connectivity index (χ0v) is 11.3. The summed E-state index contributed by atoms with van der Waals surface area (Å²) in [6.45, 7) is 1.37. The Kier molecular flexibility index (Phi) is 3.43. The van der Waals surface area contributed by atoms with E-state index in [1.165, 1.54) is 5.01 Å². The van der Waals surface area contributed by atoms with Gasteiger partial charge in [-0.3, -0.25) is 14.5 Å². The van der Waals surface area contributed by atoms with Crippen LogP contribution >= 0.6 is 0 Å². The first-order valence-corrected chi connectivity index (χ1v) is 6.69.